The maximum Gasteiger partial charge on any atom is 0.338 e. The van der Waals surface area contributed by atoms with E-state index >= 15 is 0 Å². The van der Waals surface area contributed by atoms with E-state index in [0.717, 1.165) is 43.6 Å². The van der Waals surface area contributed by atoms with Crippen LogP contribution in [-0.2, 0) is 11.3 Å². The molecule has 5 heteroatoms. The van der Waals surface area contributed by atoms with Crippen LogP contribution in [0.2, 0.25) is 0 Å². The maximum absolute atomic E-state index is 12.9. The zero-order valence-electron chi connectivity index (χ0n) is 14.3. The lowest BCUT2D eigenvalue weighted by Crippen LogP contribution is -2.37. The summed E-state index contributed by atoms with van der Waals surface area (Å²) in [6.45, 7) is 4.55. The summed E-state index contributed by atoms with van der Waals surface area (Å²) in [5, 5.41) is 0. The third-order valence-corrected chi connectivity index (χ3v) is 4.42. The summed E-state index contributed by atoms with van der Waals surface area (Å²) in [6.07, 6.45) is 1.64. The van der Waals surface area contributed by atoms with Crippen molar-refractivity contribution in [3.8, 4) is 0 Å². The molecule has 0 bridgehead atoms. The maximum atomic E-state index is 12.9. The summed E-state index contributed by atoms with van der Waals surface area (Å²) in [5.41, 5.74) is 2.83. The summed E-state index contributed by atoms with van der Waals surface area (Å²) in [6, 6.07) is 14.1. The third-order valence-electron chi connectivity index (χ3n) is 4.42. The van der Waals surface area contributed by atoms with Gasteiger partial charge < -0.3 is 4.74 Å². The number of hydrogen-bond donors (Lipinski definition) is 0. The minimum Gasteiger partial charge on any atom is -0.459 e. The number of halogens is 2. The molecule has 1 aliphatic heterocycles. The highest BCUT2D eigenvalue weighted by Crippen LogP contribution is 2.18. The molecule has 0 amide bonds. The van der Waals surface area contributed by atoms with Crippen molar-refractivity contribution in [1.29, 1.82) is 0 Å². The van der Waals surface area contributed by atoms with Crippen molar-refractivity contribution in [3.05, 3.63) is 71.0 Å². The predicted molar refractivity (Wildman–Crippen MR) is 98.5 cm³/mol. The summed E-state index contributed by atoms with van der Waals surface area (Å²) in [7, 11) is 0. The summed E-state index contributed by atoms with van der Waals surface area (Å²) < 4.78 is 18.6. The Morgan fingerprint density at radius 2 is 1.68 bits per heavy atom. The van der Waals surface area contributed by atoms with Crippen LogP contribution >= 0.6 is 12.4 Å². The standard InChI is InChI=1S/C20H22FNO2.ClH/c1-15-2-6-17(7-3-15)20(23)24-19-10-12-22(13-11-19)14-16-4-8-18(21)9-5-16;/h2-9,19H,10-14H2,1H3;1H. The average molecular weight is 364 g/mol. The van der Waals surface area contributed by atoms with Crippen LogP contribution in [0, 0.1) is 12.7 Å². The van der Waals surface area contributed by atoms with Crippen LogP contribution in [0.1, 0.15) is 34.3 Å². The highest BCUT2D eigenvalue weighted by Gasteiger charge is 2.22. The minimum atomic E-state index is -0.244. The van der Waals surface area contributed by atoms with Crippen molar-refractivity contribution in [2.24, 2.45) is 0 Å². The Morgan fingerprint density at radius 1 is 1.08 bits per heavy atom. The lowest BCUT2D eigenvalue weighted by atomic mass is 10.1. The van der Waals surface area contributed by atoms with Crippen molar-refractivity contribution in [3.63, 3.8) is 0 Å². The first kappa shape index (κ1) is 19.4. The Hall–Kier alpha value is -1.91. The van der Waals surface area contributed by atoms with Crippen LogP contribution < -0.4 is 0 Å². The molecule has 0 spiro atoms. The molecule has 0 unspecified atom stereocenters. The van der Waals surface area contributed by atoms with Gasteiger partial charge in [-0.25, -0.2) is 9.18 Å². The molecule has 2 aromatic carbocycles. The number of benzene rings is 2. The zero-order chi connectivity index (χ0) is 16.9. The highest BCUT2D eigenvalue weighted by atomic mass is 35.5. The topological polar surface area (TPSA) is 29.5 Å². The lowest BCUT2D eigenvalue weighted by Gasteiger charge is -2.31. The second-order valence-electron chi connectivity index (χ2n) is 6.37. The first-order valence-electron chi connectivity index (χ1n) is 8.34. The Balaban J connectivity index is 0.00000225. The molecule has 0 aliphatic carbocycles. The van der Waals surface area contributed by atoms with Crippen LogP contribution in [0.4, 0.5) is 4.39 Å². The van der Waals surface area contributed by atoms with Gasteiger partial charge in [0.15, 0.2) is 0 Å². The van der Waals surface area contributed by atoms with Gasteiger partial charge in [0, 0.05) is 19.6 Å². The van der Waals surface area contributed by atoms with Gasteiger partial charge in [-0.2, -0.15) is 0 Å². The van der Waals surface area contributed by atoms with Crippen molar-refractivity contribution in [2.45, 2.75) is 32.4 Å². The minimum absolute atomic E-state index is 0. The number of aryl methyl sites for hydroxylation is 1. The number of ether oxygens (including phenoxy) is 1. The van der Waals surface area contributed by atoms with E-state index in [1.54, 1.807) is 12.1 Å². The number of hydrogen-bond acceptors (Lipinski definition) is 3. The van der Waals surface area contributed by atoms with Crippen LogP contribution in [0.25, 0.3) is 0 Å². The Morgan fingerprint density at radius 3 is 2.28 bits per heavy atom. The monoisotopic (exact) mass is 363 g/mol. The fourth-order valence-corrected chi connectivity index (χ4v) is 2.94. The van der Waals surface area contributed by atoms with Crippen molar-refractivity contribution in [1.82, 2.24) is 4.90 Å². The van der Waals surface area contributed by atoms with Gasteiger partial charge in [0.05, 0.1) is 5.56 Å². The molecule has 134 valence electrons. The van der Waals surface area contributed by atoms with E-state index in [-0.39, 0.29) is 30.3 Å². The number of nitrogens with zero attached hydrogens (tertiary/aromatic N) is 1. The van der Waals surface area contributed by atoms with Crippen molar-refractivity contribution >= 4 is 18.4 Å². The van der Waals surface area contributed by atoms with E-state index in [2.05, 4.69) is 4.90 Å². The molecule has 0 saturated carbocycles. The molecule has 25 heavy (non-hydrogen) atoms. The predicted octanol–water partition coefficient (Wildman–Crippen LogP) is 4.38. The van der Waals surface area contributed by atoms with Gasteiger partial charge in [0.1, 0.15) is 11.9 Å². The molecule has 0 N–H and O–H groups in total. The summed E-state index contributed by atoms with van der Waals surface area (Å²) >= 11 is 0. The van der Waals surface area contributed by atoms with E-state index in [4.69, 9.17) is 4.74 Å². The van der Waals surface area contributed by atoms with E-state index in [1.165, 1.54) is 12.1 Å². The zero-order valence-corrected chi connectivity index (χ0v) is 15.1. The average Bonchev–Trinajstić information content (AvgIpc) is 2.59. The highest BCUT2D eigenvalue weighted by molar-refractivity contribution is 5.89. The van der Waals surface area contributed by atoms with Gasteiger partial charge >= 0.3 is 5.97 Å². The molecule has 0 radical (unpaired) electrons. The Bertz CT molecular complexity index is 680. The number of esters is 1. The number of carbonyl (C=O) groups is 1. The second kappa shape index (κ2) is 8.97. The smallest absolute Gasteiger partial charge is 0.338 e. The lowest BCUT2D eigenvalue weighted by molar-refractivity contribution is 0.0104. The van der Waals surface area contributed by atoms with E-state index in [0.29, 0.717) is 5.56 Å². The molecule has 2 aromatic rings. The van der Waals surface area contributed by atoms with Gasteiger partial charge in [0.25, 0.3) is 0 Å². The number of carbonyl (C=O) groups excluding carboxylic acids is 1. The molecule has 1 saturated heterocycles. The first-order valence-corrected chi connectivity index (χ1v) is 8.34. The molecule has 1 heterocycles. The quantitative estimate of drug-likeness (QED) is 0.755. The van der Waals surface area contributed by atoms with Crippen molar-refractivity contribution in [2.75, 3.05) is 13.1 Å². The fourth-order valence-electron chi connectivity index (χ4n) is 2.94. The molecule has 3 rings (SSSR count). The van der Waals surface area contributed by atoms with E-state index in [1.807, 2.05) is 31.2 Å². The fraction of sp³-hybridized carbons (Fsp3) is 0.350. The van der Waals surface area contributed by atoms with Crippen molar-refractivity contribution < 1.29 is 13.9 Å². The number of piperidine rings is 1. The van der Waals surface area contributed by atoms with Gasteiger partial charge in [-0.3, -0.25) is 4.90 Å². The van der Waals surface area contributed by atoms with Gasteiger partial charge in [-0.15, -0.1) is 12.4 Å². The first-order chi connectivity index (χ1) is 11.6. The molecular weight excluding hydrogens is 341 g/mol. The largest absolute Gasteiger partial charge is 0.459 e. The van der Waals surface area contributed by atoms with Crippen LogP contribution in [0.5, 0.6) is 0 Å². The summed E-state index contributed by atoms with van der Waals surface area (Å²) in [5.74, 6) is -0.451. The van der Waals surface area contributed by atoms with Crippen LogP contribution in [0.3, 0.4) is 0 Å². The molecule has 1 aliphatic rings. The molecule has 1 fully saturated rings. The van der Waals surface area contributed by atoms with Crippen LogP contribution in [-0.4, -0.2) is 30.1 Å². The molecule has 0 atom stereocenters. The Labute approximate surface area is 154 Å². The van der Waals surface area contributed by atoms with Gasteiger partial charge in [-0.05, 0) is 49.6 Å². The second-order valence-corrected chi connectivity index (χ2v) is 6.37. The normalized spacial score (nSPS) is 15.4. The number of rotatable bonds is 4. The van der Waals surface area contributed by atoms with E-state index < -0.39 is 0 Å². The number of likely N-dealkylation sites (tertiary alicyclic amines) is 1. The molecular formula is C20H23ClFNO2. The Kier molecular flexibility index (Phi) is 6.97. The van der Waals surface area contributed by atoms with Gasteiger partial charge in [0.2, 0.25) is 0 Å². The van der Waals surface area contributed by atoms with Gasteiger partial charge in [-0.1, -0.05) is 29.8 Å². The molecule has 3 nitrogen and oxygen atoms in total. The third kappa shape index (κ3) is 5.55. The summed E-state index contributed by atoms with van der Waals surface area (Å²) in [4.78, 5) is 14.5. The van der Waals surface area contributed by atoms with Crippen LogP contribution in [0.15, 0.2) is 48.5 Å². The van der Waals surface area contributed by atoms with E-state index in [9.17, 15) is 9.18 Å². The SMILES string of the molecule is Cc1ccc(C(=O)OC2CCN(Cc3ccc(F)cc3)CC2)cc1.Cl. The molecule has 0 aromatic heterocycles.